The molecule has 7 heteroatoms. The molecule has 0 saturated carbocycles. The molecule has 0 aromatic heterocycles. The average Bonchev–Trinajstić information content (AvgIpc) is 0.722. The molecule has 0 aliphatic rings. The van der Waals surface area contributed by atoms with Crippen LogP contribution in [-0.4, -0.2) is 85.3 Å². The zero-order chi connectivity index (χ0) is 4.50. The first-order valence-corrected chi connectivity index (χ1v) is 5.25. The van der Waals surface area contributed by atoms with Crippen molar-refractivity contribution in [2.24, 2.45) is 0 Å². The fourth-order valence-corrected chi connectivity index (χ4v) is 0. The molecule has 7 heavy (non-hydrogen) atoms. The quantitative estimate of drug-likeness (QED) is 0.395. The molecule has 0 rings (SSSR count). The predicted octanol–water partition coefficient (Wildman–Crippen LogP) is -3.51. The van der Waals surface area contributed by atoms with Crippen molar-refractivity contribution < 1.29 is 16.0 Å². The molecular weight excluding hydrogens is 253 g/mol. The summed E-state index contributed by atoms with van der Waals surface area (Å²) in [5.74, 6) is 0. The van der Waals surface area contributed by atoms with Gasteiger partial charge in [-0.3, -0.25) is 0 Å². The molecule has 42 valence electrons. The first kappa shape index (κ1) is 16.1. The number of hydrogen-bond acceptors (Lipinski definition) is 1. The van der Waals surface area contributed by atoms with Gasteiger partial charge in [-0.2, -0.15) is 0 Å². The molecule has 4 nitrogen and oxygen atoms in total. The summed E-state index contributed by atoms with van der Waals surface area (Å²) in [6.45, 7) is 0. The molecule has 0 fully saturated rings. The summed E-state index contributed by atoms with van der Waals surface area (Å²) in [5.41, 5.74) is 0. The first-order chi connectivity index (χ1) is 2.00. The minimum atomic E-state index is -5.35. The topological polar surface area (TPSA) is 77.8 Å². The molecule has 0 amide bonds. The van der Waals surface area contributed by atoms with E-state index in [1.165, 1.54) is 0 Å². The Bertz CT molecular complexity index is 64.7. The summed E-state index contributed by atoms with van der Waals surface area (Å²) in [6.07, 6.45) is 0. The van der Waals surface area contributed by atoms with Crippen molar-refractivity contribution >= 4 is 75.2 Å². The summed E-state index contributed by atoms with van der Waals surface area (Å²) < 4.78 is 30.8. The first-order valence-electron chi connectivity index (χ1n) is 0.783. The van der Waals surface area contributed by atoms with Crippen molar-refractivity contribution in [3.63, 3.8) is 0 Å². The van der Waals surface area contributed by atoms with Crippen LogP contribution < -0.4 is 0 Å². The Kier molecular flexibility index (Phi) is 14.8. The van der Waals surface area contributed by atoms with E-state index in [0.717, 1.165) is 0 Å². The van der Waals surface area contributed by atoms with E-state index in [4.69, 9.17) is 13.2 Å². The van der Waals surface area contributed by atoms with Gasteiger partial charge in [0.2, 0.25) is 0 Å². The van der Waals surface area contributed by atoms with E-state index in [0.29, 0.717) is 0 Å². The summed E-state index contributed by atoms with van der Waals surface area (Å²) in [6, 6.07) is 0. The fourth-order valence-electron chi connectivity index (χ4n) is 0. The third kappa shape index (κ3) is 62.5. The van der Waals surface area contributed by atoms with Crippen molar-refractivity contribution in [1.82, 2.24) is 0 Å². The Morgan fingerprint density at radius 2 is 1.29 bits per heavy atom. The predicted molar refractivity (Wildman–Crippen MR) is 31.0 cm³/mol. The van der Waals surface area contributed by atoms with E-state index in [-0.39, 0.29) is 58.0 Å². The molecule has 0 atom stereocenters. The van der Waals surface area contributed by atoms with Crippen LogP contribution >= 0.6 is 0 Å². The van der Waals surface area contributed by atoms with Crippen LogP contribution in [0, 0.1) is 0 Å². The maximum atomic E-state index is 8.97. The molecule has 0 aromatic carbocycles. The van der Waals surface area contributed by atoms with Crippen molar-refractivity contribution in [2.75, 3.05) is 0 Å². The van der Waals surface area contributed by atoms with Gasteiger partial charge in [0, 0.05) is 0 Å². The van der Waals surface area contributed by atoms with Crippen LogP contribution in [0.2, 0.25) is 0 Å². The maximum absolute atomic E-state index is 8.97. The van der Waals surface area contributed by atoms with E-state index in [9.17, 15) is 0 Å². The average molecular weight is 261 g/mol. The Hall–Kier alpha value is 2.29. The molecule has 0 heterocycles. The van der Waals surface area contributed by atoms with Gasteiger partial charge < -0.3 is 2.85 Å². The van der Waals surface area contributed by atoms with E-state index < -0.39 is 20.1 Å². The second-order valence-electron chi connectivity index (χ2n) is 0.513. The summed E-state index contributed by atoms with van der Waals surface area (Å²) >= 11 is -5.35. The fraction of sp³-hybridized carbons (Fsp3) is 0. The normalized spacial score (nSPS) is 8.43. The summed E-state index contributed by atoms with van der Waals surface area (Å²) in [5, 5.41) is 0. The second-order valence-corrected chi connectivity index (χ2v) is 3.44. The molecule has 0 aliphatic carbocycles. The Morgan fingerprint density at radius 1 is 1.29 bits per heavy atom. The van der Waals surface area contributed by atoms with Crippen LogP contribution in [-0.2, 0) is 3.02 Å². The summed E-state index contributed by atoms with van der Waals surface area (Å²) in [7, 11) is 0. The Morgan fingerprint density at radius 3 is 1.29 bits per heavy atom. The van der Waals surface area contributed by atoms with E-state index in [1.54, 1.807) is 0 Å². The molecule has 0 spiro atoms. The number of rotatable bonds is 0. The molecule has 0 radical (unpaired) electrons. The van der Waals surface area contributed by atoms with Gasteiger partial charge in [-0.25, -0.2) is 0 Å². The van der Waals surface area contributed by atoms with Crippen molar-refractivity contribution in [1.29, 1.82) is 0 Å². The van der Waals surface area contributed by atoms with E-state index >= 15 is 0 Å². The van der Waals surface area contributed by atoms with Crippen LogP contribution in [0.15, 0.2) is 0 Å². The standard InChI is InChI=1S/Al.Ca.3H2O.O.Sb.5H/h;;3*1H2;;;;;;;/q;+2;;;;;+3;;;;2*-1/p-3. The van der Waals surface area contributed by atoms with Gasteiger partial charge in [0.15, 0.2) is 17.4 Å². The van der Waals surface area contributed by atoms with Crippen LogP contribution in [0.4, 0.5) is 0 Å². The van der Waals surface area contributed by atoms with Crippen LogP contribution in [0.25, 0.3) is 0 Å². The van der Waals surface area contributed by atoms with Gasteiger partial charge in [-0.15, -0.1) is 0 Å². The van der Waals surface area contributed by atoms with Crippen molar-refractivity contribution in [3.8, 4) is 0 Å². The molecular formula is H8AlCaO4Sb. The van der Waals surface area contributed by atoms with Crippen LogP contribution in [0.1, 0.15) is 2.85 Å². The van der Waals surface area contributed by atoms with Gasteiger partial charge in [0.05, 0.1) is 0 Å². The van der Waals surface area contributed by atoms with Crippen LogP contribution in [0.3, 0.4) is 0 Å². The molecule has 0 bridgehead atoms. The van der Waals surface area contributed by atoms with Crippen LogP contribution in [0.5, 0.6) is 0 Å². The monoisotopic (exact) mass is 260 g/mol. The second kappa shape index (κ2) is 6.41. The Labute approximate surface area is 89.7 Å². The van der Waals surface area contributed by atoms with Gasteiger partial charge in [0.1, 0.15) is 0 Å². The van der Waals surface area contributed by atoms with E-state index in [1.807, 2.05) is 0 Å². The molecule has 0 unspecified atom stereocenters. The van der Waals surface area contributed by atoms with Gasteiger partial charge in [0.25, 0.3) is 0 Å². The van der Waals surface area contributed by atoms with Gasteiger partial charge in [-0.05, 0) is 0 Å². The molecule has 0 saturated heterocycles. The van der Waals surface area contributed by atoms with E-state index in [2.05, 4.69) is 0 Å². The van der Waals surface area contributed by atoms with Gasteiger partial charge in [-0.1, -0.05) is 0 Å². The SMILES string of the molecule is [AlH3].[Ca+2].[H-].[H-].[O]=[Sb]([OH])([OH])[OH]. The van der Waals surface area contributed by atoms with Crippen molar-refractivity contribution in [3.05, 3.63) is 0 Å². The molecule has 0 aliphatic heterocycles. The summed E-state index contributed by atoms with van der Waals surface area (Å²) in [4.78, 5) is 0. The molecule has 3 N–H and O–H groups in total. The third-order valence-corrected chi connectivity index (χ3v) is 0. The minimum absolute atomic E-state index is 0. The van der Waals surface area contributed by atoms with Crippen molar-refractivity contribution in [2.45, 2.75) is 0 Å². The number of hydrogen-bond donors (Lipinski definition) is 3. The molecule has 0 aromatic rings. The third-order valence-electron chi connectivity index (χ3n) is 0. The van der Waals surface area contributed by atoms with Gasteiger partial charge >= 0.3 is 71.0 Å². The zero-order valence-corrected chi connectivity index (χ0v) is 7.67. The Balaban J connectivity index is -0.0000000133. The zero-order valence-electron chi connectivity index (χ0n) is 4.90.